The number of fused-ring (bicyclic) bond motifs is 1. The van der Waals surface area contributed by atoms with E-state index in [9.17, 15) is 9.90 Å². The maximum Gasteiger partial charge on any atom is 0.271 e. The van der Waals surface area contributed by atoms with Gasteiger partial charge < -0.3 is 14.4 Å². The highest BCUT2D eigenvalue weighted by Gasteiger charge is 2.09. The Hall–Kier alpha value is -4.06. The minimum Gasteiger partial charge on any atom is -0.507 e. The molecule has 6 heteroatoms. The summed E-state index contributed by atoms with van der Waals surface area (Å²) in [6, 6.07) is 22.3. The lowest BCUT2D eigenvalue weighted by molar-refractivity contribution is 0.0955. The minimum absolute atomic E-state index is 0.105. The Kier molecular flexibility index (Phi) is 5.48. The van der Waals surface area contributed by atoms with E-state index in [0.29, 0.717) is 17.7 Å². The molecule has 0 unspecified atom stereocenters. The highest BCUT2D eigenvalue weighted by atomic mass is 16.5. The summed E-state index contributed by atoms with van der Waals surface area (Å²) in [5.74, 6) is 0.605. The molecule has 1 aromatic heterocycles. The number of nitrogens with one attached hydrogen (secondary N) is 1. The van der Waals surface area contributed by atoms with Crippen molar-refractivity contribution < 1.29 is 14.6 Å². The number of nitrogens with zero attached hydrogens (tertiary/aromatic N) is 2. The van der Waals surface area contributed by atoms with E-state index in [0.717, 1.165) is 22.2 Å². The summed E-state index contributed by atoms with van der Waals surface area (Å²) in [7, 11) is 1.65. The van der Waals surface area contributed by atoms with Crippen molar-refractivity contribution in [1.82, 2.24) is 9.99 Å². The maximum absolute atomic E-state index is 12.5. The molecule has 0 aliphatic carbocycles. The smallest absolute Gasteiger partial charge is 0.271 e. The van der Waals surface area contributed by atoms with Crippen molar-refractivity contribution in [3.05, 3.63) is 95.7 Å². The fourth-order valence-electron chi connectivity index (χ4n) is 3.21. The minimum atomic E-state index is -0.319. The van der Waals surface area contributed by atoms with E-state index in [1.807, 2.05) is 48.7 Å². The van der Waals surface area contributed by atoms with Crippen LogP contribution in [0.4, 0.5) is 0 Å². The van der Waals surface area contributed by atoms with Crippen molar-refractivity contribution in [3.8, 4) is 11.5 Å². The molecule has 0 aliphatic heterocycles. The van der Waals surface area contributed by atoms with Crippen LogP contribution in [0.1, 0.15) is 21.5 Å². The Labute approximate surface area is 174 Å². The number of benzene rings is 3. The average molecular weight is 399 g/mol. The molecule has 0 saturated carbocycles. The number of phenolic OH excluding ortho intramolecular Hbond substituents is 1. The van der Waals surface area contributed by atoms with Gasteiger partial charge in [-0.15, -0.1) is 0 Å². The van der Waals surface area contributed by atoms with E-state index in [2.05, 4.69) is 15.1 Å². The number of phenols is 1. The van der Waals surface area contributed by atoms with Gasteiger partial charge in [0.2, 0.25) is 0 Å². The number of hydrazone groups is 1. The number of aromatic hydroxyl groups is 1. The van der Waals surface area contributed by atoms with Gasteiger partial charge in [-0.1, -0.05) is 30.3 Å². The molecule has 0 saturated heterocycles. The standard InChI is InChI=1S/C24H21N3O3/c1-30-21-10-6-17(7-11-21)16-27-13-12-18-8-9-19(14-22(18)27)24(29)26-25-15-20-4-2-3-5-23(20)28/h2-15,28H,16H2,1H3,(H,26,29)/b25-15-. The molecule has 30 heavy (non-hydrogen) atoms. The quantitative estimate of drug-likeness (QED) is 0.377. The number of aromatic nitrogens is 1. The molecule has 0 aliphatic rings. The third-order valence-electron chi connectivity index (χ3n) is 4.85. The van der Waals surface area contributed by atoms with Crippen LogP contribution in [-0.4, -0.2) is 28.9 Å². The second-order valence-corrected chi connectivity index (χ2v) is 6.82. The lowest BCUT2D eigenvalue weighted by Gasteiger charge is -2.08. The molecule has 0 atom stereocenters. The van der Waals surface area contributed by atoms with Gasteiger partial charge in [0.25, 0.3) is 5.91 Å². The van der Waals surface area contributed by atoms with Gasteiger partial charge in [-0.2, -0.15) is 5.10 Å². The van der Waals surface area contributed by atoms with Gasteiger partial charge in [-0.05, 0) is 53.4 Å². The molecule has 0 spiro atoms. The molecule has 4 rings (SSSR count). The van der Waals surface area contributed by atoms with Crippen LogP contribution in [0, 0.1) is 0 Å². The van der Waals surface area contributed by atoms with E-state index < -0.39 is 0 Å². The van der Waals surface area contributed by atoms with Crippen molar-refractivity contribution in [2.24, 2.45) is 5.10 Å². The van der Waals surface area contributed by atoms with Crippen molar-refractivity contribution in [1.29, 1.82) is 0 Å². The Morgan fingerprint density at radius 1 is 1.10 bits per heavy atom. The number of hydrogen-bond acceptors (Lipinski definition) is 4. The Balaban J connectivity index is 1.51. The van der Waals surface area contributed by atoms with E-state index in [4.69, 9.17) is 4.74 Å². The zero-order chi connectivity index (χ0) is 20.9. The summed E-state index contributed by atoms with van der Waals surface area (Å²) in [6.07, 6.45) is 3.42. The molecular weight excluding hydrogens is 378 g/mol. The van der Waals surface area contributed by atoms with E-state index in [1.165, 1.54) is 6.21 Å². The van der Waals surface area contributed by atoms with Crippen LogP contribution >= 0.6 is 0 Å². The summed E-state index contributed by atoms with van der Waals surface area (Å²) in [5, 5.41) is 14.8. The number of rotatable bonds is 6. The molecular formula is C24H21N3O3. The van der Waals surface area contributed by atoms with Crippen LogP contribution in [0.3, 0.4) is 0 Å². The number of hydrogen-bond donors (Lipinski definition) is 2. The van der Waals surface area contributed by atoms with Gasteiger partial charge in [0.15, 0.2) is 0 Å². The van der Waals surface area contributed by atoms with Crippen molar-refractivity contribution in [3.63, 3.8) is 0 Å². The van der Waals surface area contributed by atoms with Gasteiger partial charge in [-0.3, -0.25) is 4.79 Å². The third kappa shape index (κ3) is 4.17. The molecule has 150 valence electrons. The van der Waals surface area contributed by atoms with Crippen molar-refractivity contribution >= 4 is 23.0 Å². The molecule has 0 fully saturated rings. The van der Waals surface area contributed by atoms with Crippen molar-refractivity contribution in [2.75, 3.05) is 7.11 Å². The van der Waals surface area contributed by atoms with Gasteiger partial charge in [0.05, 0.1) is 13.3 Å². The monoisotopic (exact) mass is 399 g/mol. The predicted molar refractivity (Wildman–Crippen MR) is 117 cm³/mol. The second kappa shape index (κ2) is 8.53. The first kappa shape index (κ1) is 19.3. The molecule has 1 heterocycles. The maximum atomic E-state index is 12.5. The van der Waals surface area contributed by atoms with Gasteiger partial charge in [-0.25, -0.2) is 5.43 Å². The SMILES string of the molecule is COc1ccc(Cn2ccc3ccc(C(=O)N/N=C\c4ccccc4O)cc32)cc1. The van der Waals surface area contributed by atoms with Gasteiger partial charge in [0, 0.05) is 29.4 Å². The average Bonchev–Trinajstić information content (AvgIpc) is 3.17. The molecule has 0 radical (unpaired) electrons. The number of methoxy groups -OCH3 is 1. The first-order chi connectivity index (χ1) is 14.6. The Morgan fingerprint density at radius 3 is 2.67 bits per heavy atom. The number of para-hydroxylation sites is 1. The van der Waals surface area contributed by atoms with E-state index >= 15 is 0 Å². The number of amides is 1. The fraction of sp³-hybridized carbons (Fsp3) is 0.0833. The van der Waals surface area contributed by atoms with Crippen LogP contribution < -0.4 is 10.2 Å². The Bertz CT molecular complexity index is 1210. The Morgan fingerprint density at radius 2 is 1.90 bits per heavy atom. The highest BCUT2D eigenvalue weighted by Crippen LogP contribution is 2.20. The first-order valence-electron chi connectivity index (χ1n) is 9.47. The van der Waals surface area contributed by atoms with Crippen LogP contribution in [-0.2, 0) is 6.54 Å². The molecule has 4 aromatic rings. The molecule has 2 N–H and O–H groups in total. The van der Waals surface area contributed by atoms with E-state index in [1.54, 1.807) is 37.4 Å². The molecule has 0 bridgehead atoms. The molecule has 6 nitrogen and oxygen atoms in total. The normalized spacial score (nSPS) is 11.1. The summed E-state index contributed by atoms with van der Waals surface area (Å²) in [5.41, 5.74) is 5.64. The lowest BCUT2D eigenvalue weighted by Crippen LogP contribution is -2.17. The molecule has 3 aromatic carbocycles. The zero-order valence-corrected chi connectivity index (χ0v) is 16.4. The number of carbonyl (C=O) groups is 1. The topological polar surface area (TPSA) is 75.8 Å². The predicted octanol–water partition coefficient (Wildman–Crippen LogP) is 4.17. The van der Waals surface area contributed by atoms with Crippen LogP contribution in [0.5, 0.6) is 11.5 Å². The molecule has 1 amide bonds. The van der Waals surface area contributed by atoms with Gasteiger partial charge in [0.1, 0.15) is 11.5 Å². The lowest BCUT2D eigenvalue weighted by atomic mass is 10.1. The number of ether oxygens (including phenoxy) is 1. The van der Waals surface area contributed by atoms with Crippen molar-refractivity contribution in [2.45, 2.75) is 6.54 Å². The van der Waals surface area contributed by atoms with Gasteiger partial charge >= 0.3 is 0 Å². The summed E-state index contributed by atoms with van der Waals surface area (Å²) >= 11 is 0. The summed E-state index contributed by atoms with van der Waals surface area (Å²) in [4.78, 5) is 12.5. The third-order valence-corrected chi connectivity index (χ3v) is 4.85. The highest BCUT2D eigenvalue weighted by molar-refractivity contribution is 5.98. The zero-order valence-electron chi connectivity index (χ0n) is 16.4. The van der Waals surface area contributed by atoms with Crippen LogP contribution in [0.25, 0.3) is 10.9 Å². The fourth-order valence-corrected chi connectivity index (χ4v) is 3.21. The summed E-state index contributed by atoms with van der Waals surface area (Å²) < 4.78 is 7.30. The van der Waals surface area contributed by atoms with Crippen LogP contribution in [0.2, 0.25) is 0 Å². The number of carbonyl (C=O) groups excluding carboxylic acids is 1. The first-order valence-corrected chi connectivity index (χ1v) is 9.47. The van der Waals surface area contributed by atoms with E-state index in [-0.39, 0.29) is 11.7 Å². The second-order valence-electron chi connectivity index (χ2n) is 6.82. The van der Waals surface area contributed by atoms with Crippen LogP contribution in [0.15, 0.2) is 84.1 Å². The largest absolute Gasteiger partial charge is 0.507 e. The summed E-state index contributed by atoms with van der Waals surface area (Å²) in [6.45, 7) is 0.685.